The van der Waals surface area contributed by atoms with Crippen molar-refractivity contribution in [1.82, 2.24) is 4.98 Å². The van der Waals surface area contributed by atoms with Crippen molar-refractivity contribution in [3.05, 3.63) is 42.2 Å². The van der Waals surface area contributed by atoms with Crippen molar-refractivity contribution in [3.63, 3.8) is 0 Å². The summed E-state index contributed by atoms with van der Waals surface area (Å²) in [4.78, 5) is 15.9. The molecule has 0 atom stereocenters. The molecule has 0 N–H and O–H groups in total. The number of aryl methyl sites for hydroxylation is 1. The Morgan fingerprint density at radius 1 is 1.29 bits per heavy atom. The van der Waals surface area contributed by atoms with Gasteiger partial charge in [0.05, 0.1) is 0 Å². The maximum Gasteiger partial charge on any atom is 0.136 e. The van der Waals surface area contributed by atoms with Crippen LogP contribution in [0.3, 0.4) is 0 Å². The molecule has 0 bridgehead atoms. The molecule has 2 heteroatoms. The highest BCUT2D eigenvalue weighted by Crippen LogP contribution is 2.31. The van der Waals surface area contributed by atoms with Gasteiger partial charge in [-0.25, -0.2) is 0 Å². The fourth-order valence-electron chi connectivity index (χ4n) is 2.26. The molecule has 1 heterocycles. The van der Waals surface area contributed by atoms with E-state index < -0.39 is 0 Å². The van der Waals surface area contributed by atoms with E-state index in [1.807, 2.05) is 18.5 Å². The van der Waals surface area contributed by atoms with E-state index >= 15 is 0 Å². The second-order valence-corrected chi connectivity index (χ2v) is 4.75. The van der Waals surface area contributed by atoms with E-state index in [4.69, 9.17) is 0 Å². The Morgan fingerprint density at radius 2 is 2.18 bits per heavy atom. The molecule has 0 unspecified atom stereocenters. The molecule has 0 amide bonds. The van der Waals surface area contributed by atoms with Crippen LogP contribution < -0.4 is 0 Å². The van der Waals surface area contributed by atoms with Gasteiger partial charge in [-0.1, -0.05) is 18.2 Å². The lowest BCUT2D eigenvalue weighted by Gasteiger charge is -2.05. The Balaban J connectivity index is 1.82. The van der Waals surface area contributed by atoms with Crippen LogP contribution in [0.1, 0.15) is 24.8 Å². The molecular formula is C15H15NO. The van der Waals surface area contributed by atoms with Gasteiger partial charge in [-0.15, -0.1) is 0 Å². The summed E-state index contributed by atoms with van der Waals surface area (Å²) < 4.78 is 0. The molecule has 0 radical (unpaired) electrons. The highest BCUT2D eigenvalue weighted by atomic mass is 16.1. The molecule has 1 aliphatic rings. The van der Waals surface area contributed by atoms with Crippen LogP contribution in [0.4, 0.5) is 0 Å². The minimum absolute atomic E-state index is 0.378. The molecule has 17 heavy (non-hydrogen) atoms. The van der Waals surface area contributed by atoms with Crippen LogP contribution in [-0.2, 0) is 11.2 Å². The number of hydrogen-bond acceptors (Lipinski definition) is 2. The van der Waals surface area contributed by atoms with E-state index in [1.165, 1.54) is 16.3 Å². The summed E-state index contributed by atoms with van der Waals surface area (Å²) in [6.07, 6.45) is 7.44. The van der Waals surface area contributed by atoms with Crippen LogP contribution in [0, 0.1) is 5.92 Å². The standard InChI is InChI=1S/C15H15NO/c17-15(13-4-5-13)7-6-11-2-1-3-12-8-9-16-10-14(11)12/h1-3,8-10,13H,4-7H2. The molecule has 86 valence electrons. The first-order valence-corrected chi connectivity index (χ1v) is 6.19. The molecule has 3 rings (SSSR count). The third kappa shape index (κ3) is 2.21. The third-order valence-electron chi connectivity index (χ3n) is 3.45. The van der Waals surface area contributed by atoms with Crippen molar-refractivity contribution in [3.8, 4) is 0 Å². The number of rotatable bonds is 4. The number of fused-ring (bicyclic) bond motifs is 1. The van der Waals surface area contributed by atoms with E-state index in [1.54, 1.807) is 0 Å². The Labute approximate surface area is 101 Å². The predicted molar refractivity (Wildman–Crippen MR) is 67.8 cm³/mol. The van der Waals surface area contributed by atoms with Crippen molar-refractivity contribution in [1.29, 1.82) is 0 Å². The van der Waals surface area contributed by atoms with Crippen molar-refractivity contribution in [2.75, 3.05) is 0 Å². The number of benzene rings is 1. The summed E-state index contributed by atoms with van der Waals surface area (Å²) in [5, 5.41) is 2.38. The highest BCUT2D eigenvalue weighted by molar-refractivity contribution is 5.86. The average Bonchev–Trinajstić information content (AvgIpc) is 3.20. The maximum atomic E-state index is 11.7. The number of nitrogens with zero attached hydrogens (tertiary/aromatic N) is 1. The molecule has 1 saturated carbocycles. The van der Waals surface area contributed by atoms with Crippen LogP contribution in [0.5, 0.6) is 0 Å². The molecule has 1 aromatic carbocycles. The fraction of sp³-hybridized carbons (Fsp3) is 0.333. The van der Waals surface area contributed by atoms with Gasteiger partial charge in [0, 0.05) is 30.1 Å². The minimum Gasteiger partial charge on any atom is -0.299 e. The van der Waals surface area contributed by atoms with E-state index in [0.29, 0.717) is 18.1 Å². The smallest absolute Gasteiger partial charge is 0.136 e. The monoisotopic (exact) mass is 225 g/mol. The summed E-state index contributed by atoms with van der Waals surface area (Å²) in [6, 6.07) is 8.26. The van der Waals surface area contributed by atoms with E-state index in [-0.39, 0.29) is 0 Å². The van der Waals surface area contributed by atoms with Gasteiger partial charge in [0.2, 0.25) is 0 Å². The van der Waals surface area contributed by atoms with Crippen molar-refractivity contribution in [2.24, 2.45) is 5.92 Å². The van der Waals surface area contributed by atoms with Gasteiger partial charge < -0.3 is 0 Å². The summed E-state index contributed by atoms with van der Waals surface area (Å²) in [6.45, 7) is 0. The van der Waals surface area contributed by atoms with E-state index in [0.717, 1.165) is 19.3 Å². The Bertz CT molecular complexity index is 552. The zero-order chi connectivity index (χ0) is 11.7. The number of hydrogen-bond donors (Lipinski definition) is 0. The molecular weight excluding hydrogens is 210 g/mol. The topological polar surface area (TPSA) is 30.0 Å². The molecule has 0 spiro atoms. The fourth-order valence-corrected chi connectivity index (χ4v) is 2.26. The van der Waals surface area contributed by atoms with Crippen molar-refractivity contribution < 1.29 is 4.79 Å². The number of carbonyl (C=O) groups excluding carboxylic acids is 1. The lowest BCUT2D eigenvalue weighted by Crippen LogP contribution is -2.02. The Kier molecular flexibility index (Phi) is 2.63. The second kappa shape index (κ2) is 4.28. The maximum absolute atomic E-state index is 11.7. The molecule has 2 nitrogen and oxygen atoms in total. The first-order valence-electron chi connectivity index (χ1n) is 6.19. The quantitative estimate of drug-likeness (QED) is 0.800. The lowest BCUT2D eigenvalue weighted by atomic mass is 10.0. The lowest BCUT2D eigenvalue weighted by molar-refractivity contribution is -0.120. The minimum atomic E-state index is 0.378. The van der Waals surface area contributed by atoms with Gasteiger partial charge in [0.15, 0.2) is 0 Å². The second-order valence-electron chi connectivity index (χ2n) is 4.75. The van der Waals surface area contributed by atoms with Crippen LogP contribution in [0.2, 0.25) is 0 Å². The highest BCUT2D eigenvalue weighted by Gasteiger charge is 2.28. The number of ketones is 1. The summed E-state index contributed by atoms with van der Waals surface area (Å²) in [7, 11) is 0. The first kappa shape index (κ1) is 10.5. The van der Waals surface area contributed by atoms with Gasteiger partial charge in [0.1, 0.15) is 5.78 Å². The van der Waals surface area contributed by atoms with Crippen LogP contribution in [0.15, 0.2) is 36.7 Å². The third-order valence-corrected chi connectivity index (χ3v) is 3.45. The van der Waals surface area contributed by atoms with E-state index in [2.05, 4.69) is 23.2 Å². The molecule has 0 aliphatic heterocycles. The van der Waals surface area contributed by atoms with Crippen molar-refractivity contribution in [2.45, 2.75) is 25.7 Å². The number of carbonyl (C=O) groups is 1. The molecule has 1 aromatic heterocycles. The molecule has 1 aliphatic carbocycles. The number of pyridine rings is 1. The largest absolute Gasteiger partial charge is 0.299 e. The van der Waals surface area contributed by atoms with Gasteiger partial charge in [-0.05, 0) is 36.3 Å². The van der Waals surface area contributed by atoms with E-state index in [9.17, 15) is 4.79 Å². The Morgan fingerprint density at radius 3 is 3.00 bits per heavy atom. The number of Topliss-reactive ketones (excluding diaryl/α,β-unsaturated/α-hetero) is 1. The predicted octanol–water partition coefficient (Wildman–Crippen LogP) is 3.15. The van der Waals surface area contributed by atoms with Crippen molar-refractivity contribution >= 4 is 16.6 Å². The Hall–Kier alpha value is -1.70. The SMILES string of the molecule is O=C(CCc1cccc2ccncc12)C1CC1. The average molecular weight is 225 g/mol. The zero-order valence-electron chi connectivity index (χ0n) is 9.73. The molecule has 1 fully saturated rings. The van der Waals surface area contributed by atoms with Crippen LogP contribution in [0.25, 0.3) is 10.8 Å². The number of aromatic nitrogens is 1. The van der Waals surface area contributed by atoms with Gasteiger partial charge in [-0.3, -0.25) is 9.78 Å². The van der Waals surface area contributed by atoms with Crippen LogP contribution >= 0.6 is 0 Å². The summed E-state index contributed by atoms with van der Waals surface area (Å²) >= 11 is 0. The molecule has 0 saturated heterocycles. The summed E-state index contributed by atoms with van der Waals surface area (Å²) in [5.41, 5.74) is 1.24. The van der Waals surface area contributed by atoms with Gasteiger partial charge >= 0.3 is 0 Å². The normalized spacial score (nSPS) is 15.1. The van der Waals surface area contributed by atoms with Gasteiger partial charge in [0.25, 0.3) is 0 Å². The first-order chi connectivity index (χ1) is 8.34. The van der Waals surface area contributed by atoms with Crippen LogP contribution in [-0.4, -0.2) is 10.8 Å². The zero-order valence-corrected chi connectivity index (χ0v) is 9.73. The molecule has 2 aromatic rings. The van der Waals surface area contributed by atoms with Gasteiger partial charge in [-0.2, -0.15) is 0 Å². The summed E-state index contributed by atoms with van der Waals surface area (Å²) in [5.74, 6) is 0.814.